The van der Waals surface area contributed by atoms with Crippen LogP contribution in [0.1, 0.15) is 28.9 Å². The van der Waals surface area contributed by atoms with Crippen LogP contribution in [0, 0.1) is 0 Å². The van der Waals surface area contributed by atoms with Crippen molar-refractivity contribution in [2.45, 2.75) is 13.0 Å². The van der Waals surface area contributed by atoms with Gasteiger partial charge in [0.1, 0.15) is 0 Å². The highest BCUT2D eigenvalue weighted by Gasteiger charge is 2.15. The molecule has 6 nitrogen and oxygen atoms in total. The van der Waals surface area contributed by atoms with Crippen LogP contribution in [-0.4, -0.2) is 28.5 Å². The highest BCUT2D eigenvalue weighted by molar-refractivity contribution is 6.35. The number of nitrogens with one attached hydrogen (secondary N) is 1. The molecule has 3 rings (SSSR count). The van der Waals surface area contributed by atoms with E-state index in [2.05, 4.69) is 15.3 Å². The van der Waals surface area contributed by atoms with Crippen LogP contribution in [0.25, 0.3) is 11.0 Å². The number of amides is 1. The SMILES string of the molecule is C[C@@H](NC(=O)COC(=O)c1ccc2nccnc2c1)c1ccc(Cl)cc1Cl. The number of rotatable bonds is 5. The van der Waals surface area contributed by atoms with Gasteiger partial charge in [0.2, 0.25) is 0 Å². The molecule has 1 amide bonds. The molecular weight excluding hydrogens is 389 g/mol. The molecule has 8 heteroatoms. The summed E-state index contributed by atoms with van der Waals surface area (Å²) < 4.78 is 5.07. The second-order valence-electron chi connectivity index (χ2n) is 5.79. The minimum Gasteiger partial charge on any atom is -0.452 e. The van der Waals surface area contributed by atoms with Gasteiger partial charge in [0.15, 0.2) is 6.61 Å². The zero-order valence-electron chi connectivity index (χ0n) is 14.3. The zero-order valence-corrected chi connectivity index (χ0v) is 15.8. The lowest BCUT2D eigenvalue weighted by atomic mass is 10.1. The molecule has 0 fully saturated rings. The lowest BCUT2D eigenvalue weighted by Crippen LogP contribution is -2.31. The van der Waals surface area contributed by atoms with Gasteiger partial charge in [0.25, 0.3) is 5.91 Å². The van der Waals surface area contributed by atoms with Crippen LogP contribution in [0.15, 0.2) is 48.8 Å². The molecule has 0 radical (unpaired) electrons. The van der Waals surface area contributed by atoms with E-state index in [4.69, 9.17) is 27.9 Å². The Balaban J connectivity index is 1.58. The highest BCUT2D eigenvalue weighted by Crippen LogP contribution is 2.26. The number of hydrogen-bond acceptors (Lipinski definition) is 5. The normalized spacial score (nSPS) is 11.8. The molecule has 0 bridgehead atoms. The second kappa shape index (κ2) is 8.33. The van der Waals surface area contributed by atoms with E-state index in [1.54, 1.807) is 49.5 Å². The number of ether oxygens (including phenoxy) is 1. The molecule has 0 aliphatic heterocycles. The van der Waals surface area contributed by atoms with E-state index in [1.807, 2.05) is 0 Å². The maximum Gasteiger partial charge on any atom is 0.338 e. The summed E-state index contributed by atoms with van der Waals surface area (Å²) in [4.78, 5) is 32.5. The number of carbonyl (C=O) groups is 2. The number of benzene rings is 2. The van der Waals surface area contributed by atoms with E-state index in [-0.39, 0.29) is 6.04 Å². The first-order chi connectivity index (χ1) is 12.9. The summed E-state index contributed by atoms with van der Waals surface area (Å²) in [5.41, 5.74) is 2.25. The van der Waals surface area contributed by atoms with Crippen molar-refractivity contribution >= 4 is 46.1 Å². The number of carbonyl (C=O) groups excluding carboxylic acids is 2. The van der Waals surface area contributed by atoms with E-state index in [0.717, 1.165) is 0 Å². The van der Waals surface area contributed by atoms with Gasteiger partial charge in [-0.15, -0.1) is 0 Å². The average molecular weight is 404 g/mol. The van der Waals surface area contributed by atoms with Gasteiger partial charge in [-0.1, -0.05) is 29.3 Å². The van der Waals surface area contributed by atoms with Crippen molar-refractivity contribution in [1.82, 2.24) is 15.3 Å². The Morgan fingerprint density at radius 3 is 2.56 bits per heavy atom. The summed E-state index contributed by atoms with van der Waals surface area (Å²) in [5, 5.41) is 3.69. The van der Waals surface area contributed by atoms with Crippen LogP contribution in [0.5, 0.6) is 0 Å². The van der Waals surface area contributed by atoms with Crippen LogP contribution in [0.2, 0.25) is 10.0 Å². The summed E-state index contributed by atoms with van der Waals surface area (Å²) >= 11 is 12.0. The topological polar surface area (TPSA) is 81.2 Å². The second-order valence-corrected chi connectivity index (χ2v) is 6.63. The smallest absolute Gasteiger partial charge is 0.338 e. The molecule has 0 spiro atoms. The van der Waals surface area contributed by atoms with E-state index < -0.39 is 18.5 Å². The van der Waals surface area contributed by atoms with Crippen molar-refractivity contribution in [3.05, 3.63) is 70.0 Å². The summed E-state index contributed by atoms with van der Waals surface area (Å²) in [6, 6.07) is 9.47. The van der Waals surface area contributed by atoms with Crippen molar-refractivity contribution in [2.75, 3.05) is 6.61 Å². The van der Waals surface area contributed by atoms with Gasteiger partial charge in [-0.05, 0) is 42.8 Å². The van der Waals surface area contributed by atoms with E-state index >= 15 is 0 Å². The number of aromatic nitrogens is 2. The Kier molecular flexibility index (Phi) is 5.88. The third-order valence-corrected chi connectivity index (χ3v) is 4.41. The van der Waals surface area contributed by atoms with Crippen molar-refractivity contribution in [2.24, 2.45) is 0 Å². The number of hydrogen-bond donors (Lipinski definition) is 1. The molecule has 0 aliphatic carbocycles. The van der Waals surface area contributed by atoms with Gasteiger partial charge < -0.3 is 10.1 Å². The maximum atomic E-state index is 12.2. The molecule has 1 atom stereocenters. The molecule has 3 aromatic rings. The molecule has 0 unspecified atom stereocenters. The summed E-state index contributed by atoms with van der Waals surface area (Å²) in [6.07, 6.45) is 3.10. The Morgan fingerprint density at radius 1 is 1.07 bits per heavy atom. The van der Waals surface area contributed by atoms with Crippen LogP contribution in [0.3, 0.4) is 0 Å². The third-order valence-electron chi connectivity index (χ3n) is 3.85. The van der Waals surface area contributed by atoms with Gasteiger partial charge in [-0.25, -0.2) is 4.79 Å². The highest BCUT2D eigenvalue weighted by atomic mass is 35.5. The van der Waals surface area contributed by atoms with Gasteiger partial charge in [-0.2, -0.15) is 0 Å². The van der Waals surface area contributed by atoms with Gasteiger partial charge >= 0.3 is 5.97 Å². The van der Waals surface area contributed by atoms with Crippen LogP contribution in [-0.2, 0) is 9.53 Å². The molecule has 0 aliphatic rings. The minimum absolute atomic E-state index is 0.296. The molecule has 1 aromatic heterocycles. The predicted molar refractivity (Wildman–Crippen MR) is 103 cm³/mol. The molecular formula is C19H15Cl2N3O3. The Hall–Kier alpha value is -2.70. The van der Waals surface area contributed by atoms with E-state index in [9.17, 15) is 9.59 Å². The minimum atomic E-state index is -0.616. The van der Waals surface area contributed by atoms with Gasteiger partial charge in [-0.3, -0.25) is 14.8 Å². The van der Waals surface area contributed by atoms with Crippen LogP contribution in [0.4, 0.5) is 0 Å². The molecule has 0 saturated heterocycles. The van der Waals surface area contributed by atoms with Crippen molar-refractivity contribution in [3.63, 3.8) is 0 Å². The molecule has 138 valence electrons. The first-order valence-electron chi connectivity index (χ1n) is 8.06. The Morgan fingerprint density at radius 2 is 1.81 bits per heavy atom. The van der Waals surface area contributed by atoms with E-state index in [1.165, 1.54) is 6.20 Å². The molecule has 27 heavy (non-hydrogen) atoms. The quantitative estimate of drug-likeness (QED) is 0.651. The molecule has 1 N–H and O–H groups in total. The molecule has 0 saturated carbocycles. The standard InChI is InChI=1S/C19H15Cl2N3O3/c1-11(14-4-3-13(20)9-15(14)21)24-18(25)10-27-19(26)12-2-5-16-17(8-12)23-7-6-22-16/h2-9,11H,10H2,1H3,(H,24,25)/t11-/m1/s1. The molecule has 1 heterocycles. The Bertz CT molecular complexity index is 1010. The fourth-order valence-corrected chi connectivity index (χ4v) is 3.09. The summed E-state index contributed by atoms with van der Waals surface area (Å²) in [6.45, 7) is 1.36. The number of halogens is 2. The van der Waals surface area contributed by atoms with Crippen molar-refractivity contribution in [1.29, 1.82) is 0 Å². The fraction of sp³-hybridized carbons (Fsp3) is 0.158. The number of esters is 1. The summed E-state index contributed by atoms with van der Waals surface area (Å²) in [5.74, 6) is -1.06. The summed E-state index contributed by atoms with van der Waals surface area (Å²) in [7, 11) is 0. The maximum absolute atomic E-state index is 12.2. The van der Waals surface area contributed by atoms with Crippen molar-refractivity contribution in [3.8, 4) is 0 Å². The number of nitrogens with zero attached hydrogens (tertiary/aromatic N) is 2. The zero-order chi connectivity index (χ0) is 19.4. The lowest BCUT2D eigenvalue weighted by Gasteiger charge is -2.16. The van der Waals surface area contributed by atoms with Crippen LogP contribution < -0.4 is 5.32 Å². The van der Waals surface area contributed by atoms with Crippen LogP contribution >= 0.6 is 23.2 Å². The monoisotopic (exact) mass is 403 g/mol. The van der Waals surface area contributed by atoms with Gasteiger partial charge in [0.05, 0.1) is 22.6 Å². The molecule has 2 aromatic carbocycles. The average Bonchev–Trinajstić information content (AvgIpc) is 2.65. The van der Waals surface area contributed by atoms with Crippen molar-refractivity contribution < 1.29 is 14.3 Å². The lowest BCUT2D eigenvalue weighted by molar-refractivity contribution is -0.124. The predicted octanol–water partition coefficient (Wildman–Crippen LogP) is 3.97. The number of fused-ring (bicyclic) bond motifs is 1. The first-order valence-corrected chi connectivity index (χ1v) is 8.82. The largest absolute Gasteiger partial charge is 0.452 e. The first kappa shape index (κ1) is 19.1. The fourth-order valence-electron chi connectivity index (χ4n) is 2.52. The third kappa shape index (κ3) is 4.72. The Labute approximate surface area is 165 Å². The van der Waals surface area contributed by atoms with E-state index in [0.29, 0.717) is 32.2 Å². The van der Waals surface area contributed by atoms with Gasteiger partial charge in [0, 0.05) is 22.4 Å².